The van der Waals surface area contributed by atoms with Gasteiger partial charge >= 0.3 is 17.9 Å². The maximum Gasteiger partial charge on any atom is 0.328 e. The standard InChI is InChI=1S/3C9H8O3.La/c3*10-8-4-1-7(2-5-8)3-6-9(11)12;/h3*1-6,10H,(H,11,12);. The van der Waals surface area contributed by atoms with Crippen LogP contribution in [0.3, 0.4) is 0 Å². The van der Waals surface area contributed by atoms with E-state index >= 15 is 0 Å². The summed E-state index contributed by atoms with van der Waals surface area (Å²) >= 11 is 0. The summed E-state index contributed by atoms with van der Waals surface area (Å²) in [7, 11) is 0. The molecule has 0 heterocycles. The molecule has 1 radical (unpaired) electrons. The Labute approximate surface area is 240 Å². The first kappa shape index (κ1) is 32.9. The van der Waals surface area contributed by atoms with Crippen LogP contribution in [0.5, 0.6) is 17.2 Å². The number of carboxylic acid groups (broad SMARTS) is 3. The van der Waals surface area contributed by atoms with E-state index in [4.69, 9.17) is 30.6 Å². The number of hydrogen-bond donors (Lipinski definition) is 6. The van der Waals surface area contributed by atoms with E-state index in [1.807, 2.05) is 0 Å². The third kappa shape index (κ3) is 17.0. The summed E-state index contributed by atoms with van der Waals surface area (Å²) in [5.41, 5.74) is 2.24. The summed E-state index contributed by atoms with van der Waals surface area (Å²) in [6.45, 7) is 0. The summed E-state index contributed by atoms with van der Waals surface area (Å²) in [6, 6.07) is 18.8. The van der Waals surface area contributed by atoms with Gasteiger partial charge in [-0.2, -0.15) is 0 Å². The topological polar surface area (TPSA) is 173 Å². The number of carbonyl (C=O) groups is 3. The van der Waals surface area contributed by atoms with Gasteiger partial charge in [0, 0.05) is 53.8 Å². The van der Waals surface area contributed by atoms with Crippen LogP contribution in [0.2, 0.25) is 0 Å². The Bertz CT molecular complexity index is 1060. The molecular weight excluding hydrogens is 607 g/mol. The van der Waals surface area contributed by atoms with Gasteiger partial charge in [-0.05, 0) is 71.3 Å². The summed E-state index contributed by atoms with van der Waals surface area (Å²) < 4.78 is 0. The fourth-order valence-electron chi connectivity index (χ4n) is 2.26. The maximum atomic E-state index is 10.1. The van der Waals surface area contributed by atoms with Gasteiger partial charge in [-0.1, -0.05) is 36.4 Å². The van der Waals surface area contributed by atoms with Gasteiger partial charge in [0.2, 0.25) is 0 Å². The fourth-order valence-corrected chi connectivity index (χ4v) is 2.26. The molecule has 37 heavy (non-hydrogen) atoms. The van der Waals surface area contributed by atoms with Gasteiger partial charge < -0.3 is 30.6 Å². The average Bonchev–Trinajstić information content (AvgIpc) is 2.84. The zero-order valence-corrected chi connectivity index (χ0v) is 23.0. The minimum Gasteiger partial charge on any atom is -0.508 e. The number of phenols is 3. The van der Waals surface area contributed by atoms with Crippen molar-refractivity contribution in [1.29, 1.82) is 0 Å². The fraction of sp³-hybridized carbons (Fsp3) is 0. The van der Waals surface area contributed by atoms with Crippen LogP contribution < -0.4 is 0 Å². The second-order valence-corrected chi connectivity index (χ2v) is 6.79. The van der Waals surface area contributed by atoms with Crippen molar-refractivity contribution in [2.75, 3.05) is 0 Å². The van der Waals surface area contributed by atoms with Crippen LogP contribution in [0.1, 0.15) is 16.7 Å². The number of aliphatic carboxylic acids is 3. The Hall–Kier alpha value is -4.12. The molecule has 0 aromatic heterocycles. The molecule has 0 saturated heterocycles. The molecular formula is C27H24LaO9. The van der Waals surface area contributed by atoms with E-state index in [1.165, 1.54) is 54.6 Å². The molecule has 0 spiro atoms. The zero-order valence-electron chi connectivity index (χ0n) is 19.4. The van der Waals surface area contributed by atoms with Crippen molar-refractivity contribution in [1.82, 2.24) is 0 Å². The van der Waals surface area contributed by atoms with Crippen LogP contribution in [-0.2, 0) is 14.4 Å². The largest absolute Gasteiger partial charge is 0.508 e. The van der Waals surface area contributed by atoms with Crippen molar-refractivity contribution < 1.29 is 80.6 Å². The minimum absolute atomic E-state index is 0. The second kappa shape index (κ2) is 18.2. The number of aromatic hydroxyl groups is 3. The molecule has 3 aromatic carbocycles. The van der Waals surface area contributed by atoms with Crippen molar-refractivity contribution in [2.24, 2.45) is 0 Å². The number of hydrogen-bond acceptors (Lipinski definition) is 6. The summed E-state index contributed by atoms with van der Waals surface area (Å²) in [5.74, 6) is -2.44. The van der Waals surface area contributed by atoms with Gasteiger partial charge in [0.15, 0.2) is 0 Å². The summed E-state index contributed by atoms with van der Waals surface area (Å²) in [4.78, 5) is 30.3. The predicted octanol–water partition coefficient (Wildman–Crippen LogP) is 4.47. The number of carboxylic acids is 3. The molecule has 0 amide bonds. The van der Waals surface area contributed by atoms with Crippen molar-refractivity contribution in [2.45, 2.75) is 0 Å². The monoisotopic (exact) mass is 631 g/mol. The molecule has 3 rings (SSSR count). The third-order valence-electron chi connectivity index (χ3n) is 3.93. The molecule has 9 nitrogen and oxygen atoms in total. The Morgan fingerprint density at radius 1 is 0.432 bits per heavy atom. The molecule has 0 saturated carbocycles. The normalized spacial score (nSPS) is 10.1. The van der Waals surface area contributed by atoms with Crippen LogP contribution in [0.4, 0.5) is 0 Å². The van der Waals surface area contributed by atoms with E-state index in [1.54, 1.807) is 36.4 Å². The zero-order chi connectivity index (χ0) is 26.9. The van der Waals surface area contributed by atoms with Crippen molar-refractivity contribution in [3.63, 3.8) is 0 Å². The molecule has 0 fully saturated rings. The van der Waals surface area contributed by atoms with Crippen LogP contribution in [0.15, 0.2) is 91.0 Å². The van der Waals surface area contributed by atoms with Crippen molar-refractivity contribution in [3.8, 4) is 17.2 Å². The average molecular weight is 631 g/mol. The maximum absolute atomic E-state index is 10.1. The van der Waals surface area contributed by atoms with E-state index in [-0.39, 0.29) is 52.8 Å². The first-order valence-corrected chi connectivity index (χ1v) is 10.2. The molecule has 189 valence electrons. The third-order valence-corrected chi connectivity index (χ3v) is 3.93. The summed E-state index contributed by atoms with van der Waals surface area (Å²) in [6.07, 6.45) is 7.52. The Kier molecular flexibility index (Phi) is 16.2. The molecule has 0 atom stereocenters. The first-order chi connectivity index (χ1) is 17.0. The molecule has 10 heteroatoms. The van der Waals surface area contributed by atoms with Crippen LogP contribution in [-0.4, -0.2) is 48.5 Å². The molecule has 0 unspecified atom stereocenters. The quantitative estimate of drug-likeness (QED) is 0.215. The van der Waals surface area contributed by atoms with E-state index in [0.29, 0.717) is 0 Å². The number of rotatable bonds is 6. The van der Waals surface area contributed by atoms with Crippen molar-refractivity contribution >= 4 is 36.1 Å². The molecule has 0 aliphatic heterocycles. The second-order valence-electron chi connectivity index (χ2n) is 6.79. The van der Waals surface area contributed by atoms with E-state index in [0.717, 1.165) is 34.9 Å². The van der Waals surface area contributed by atoms with Gasteiger partial charge in [0.25, 0.3) is 0 Å². The van der Waals surface area contributed by atoms with Crippen LogP contribution in [0.25, 0.3) is 18.2 Å². The summed E-state index contributed by atoms with van der Waals surface area (Å²) in [5, 5.41) is 51.6. The molecule has 6 N–H and O–H groups in total. The molecule has 0 bridgehead atoms. The van der Waals surface area contributed by atoms with Gasteiger partial charge in [0.1, 0.15) is 17.2 Å². The Morgan fingerprint density at radius 3 is 0.784 bits per heavy atom. The SMILES string of the molecule is O=C(O)C=Cc1ccc(O)cc1.O=C(O)C=Cc1ccc(O)cc1.O=C(O)C=Cc1ccc(O)cc1.[La]. The van der Waals surface area contributed by atoms with Gasteiger partial charge in [-0.25, -0.2) is 14.4 Å². The Balaban J connectivity index is 0.000000518. The smallest absolute Gasteiger partial charge is 0.328 e. The minimum atomic E-state index is -0.983. The van der Waals surface area contributed by atoms with E-state index < -0.39 is 17.9 Å². The van der Waals surface area contributed by atoms with Gasteiger partial charge in [-0.15, -0.1) is 0 Å². The first-order valence-electron chi connectivity index (χ1n) is 10.2. The molecule has 0 aliphatic carbocycles. The van der Waals surface area contributed by atoms with Crippen molar-refractivity contribution in [3.05, 3.63) is 108 Å². The number of benzene rings is 3. The van der Waals surface area contributed by atoms with E-state index in [2.05, 4.69) is 0 Å². The van der Waals surface area contributed by atoms with E-state index in [9.17, 15) is 14.4 Å². The van der Waals surface area contributed by atoms with Gasteiger partial charge in [0.05, 0.1) is 0 Å². The number of phenolic OH excluding ortho intramolecular Hbond substituents is 3. The van der Waals surface area contributed by atoms with Crippen LogP contribution >= 0.6 is 0 Å². The molecule has 0 aliphatic rings. The Morgan fingerprint density at radius 2 is 0.622 bits per heavy atom. The predicted molar refractivity (Wildman–Crippen MR) is 134 cm³/mol. The van der Waals surface area contributed by atoms with Crippen LogP contribution in [0, 0.1) is 35.6 Å². The molecule has 3 aromatic rings. The van der Waals surface area contributed by atoms with Gasteiger partial charge in [-0.3, -0.25) is 0 Å².